The summed E-state index contributed by atoms with van der Waals surface area (Å²) in [5.41, 5.74) is 2.38. The second kappa shape index (κ2) is 9.02. The van der Waals surface area contributed by atoms with E-state index in [1.807, 2.05) is 24.3 Å². The Morgan fingerprint density at radius 1 is 1.22 bits per heavy atom. The van der Waals surface area contributed by atoms with Gasteiger partial charge in [0.1, 0.15) is 0 Å². The molecular weight excluding hydrogens is 346 g/mol. The van der Waals surface area contributed by atoms with E-state index in [2.05, 4.69) is 31.0 Å². The number of carbonyl (C=O) groups is 1. The van der Waals surface area contributed by atoms with E-state index in [-0.39, 0.29) is 24.0 Å². The molecule has 0 radical (unpaired) electrons. The van der Waals surface area contributed by atoms with Crippen LogP contribution in [-0.4, -0.2) is 30.0 Å². The highest BCUT2D eigenvalue weighted by molar-refractivity contribution is 5.92. The van der Waals surface area contributed by atoms with Crippen molar-refractivity contribution in [1.29, 1.82) is 0 Å². The van der Waals surface area contributed by atoms with Crippen LogP contribution in [0.1, 0.15) is 26.3 Å². The highest BCUT2D eigenvalue weighted by Gasteiger charge is 2.16. The van der Waals surface area contributed by atoms with E-state index in [1.54, 1.807) is 19.1 Å². The number of aryl methyl sites for hydroxylation is 1. The largest absolute Gasteiger partial charge is 0.477 e. The van der Waals surface area contributed by atoms with E-state index in [4.69, 9.17) is 4.74 Å². The predicted octanol–water partition coefficient (Wildman–Crippen LogP) is 4.16. The third-order valence-electron chi connectivity index (χ3n) is 4.12. The third-order valence-corrected chi connectivity index (χ3v) is 4.12. The van der Waals surface area contributed by atoms with Crippen LogP contribution in [0.2, 0.25) is 0 Å². The highest BCUT2D eigenvalue weighted by atomic mass is 16.6. The molecule has 0 aliphatic heterocycles. The number of anilines is 2. The zero-order valence-electron chi connectivity index (χ0n) is 16.1. The van der Waals surface area contributed by atoms with E-state index in [1.165, 1.54) is 6.07 Å². The summed E-state index contributed by atoms with van der Waals surface area (Å²) >= 11 is 0. The van der Waals surface area contributed by atoms with Gasteiger partial charge in [0.05, 0.1) is 4.92 Å². The van der Waals surface area contributed by atoms with E-state index in [0.717, 1.165) is 17.8 Å². The number of benzene rings is 2. The van der Waals surface area contributed by atoms with Gasteiger partial charge in [-0.1, -0.05) is 6.07 Å². The first-order chi connectivity index (χ1) is 12.8. The molecule has 2 aromatic rings. The first-order valence-corrected chi connectivity index (χ1v) is 8.86. The summed E-state index contributed by atoms with van der Waals surface area (Å²) in [5.74, 6) is -0.296. The normalized spacial score (nSPS) is 10.6. The number of hydrogen-bond donors (Lipinski definition) is 1. The highest BCUT2D eigenvalue weighted by Crippen LogP contribution is 2.27. The second-order valence-corrected chi connectivity index (χ2v) is 6.49. The lowest BCUT2D eigenvalue weighted by atomic mass is 10.2. The zero-order valence-corrected chi connectivity index (χ0v) is 16.1. The summed E-state index contributed by atoms with van der Waals surface area (Å²) in [6.07, 6.45) is 0. The minimum Gasteiger partial charge on any atom is -0.477 e. The minimum absolute atomic E-state index is 0.0843. The number of hydrogen-bond acceptors (Lipinski definition) is 5. The van der Waals surface area contributed by atoms with Crippen LogP contribution in [0.4, 0.5) is 17.1 Å². The minimum atomic E-state index is -0.528. The van der Waals surface area contributed by atoms with Gasteiger partial charge in [-0.25, -0.2) is 0 Å². The monoisotopic (exact) mass is 371 g/mol. The van der Waals surface area contributed by atoms with Crippen LogP contribution >= 0.6 is 0 Å². The molecule has 0 bridgehead atoms. The molecule has 1 N–H and O–H groups in total. The van der Waals surface area contributed by atoms with Gasteiger partial charge >= 0.3 is 5.69 Å². The number of nitrogens with zero attached hydrogens (tertiary/aromatic N) is 2. The summed E-state index contributed by atoms with van der Waals surface area (Å²) in [6.45, 7) is 8.74. The fourth-order valence-electron chi connectivity index (χ4n) is 2.81. The van der Waals surface area contributed by atoms with Gasteiger partial charge in [0.2, 0.25) is 0 Å². The molecule has 0 saturated carbocycles. The maximum Gasteiger partial charge on any atom is 0.310 e. The van der Waals surface area contributed by atoms with E-state index in [0.29, 0.717) is 11.7 Å². The Labute approximate surface area is 159 Å². The SMILES string of the molecule is CCN(c1ccc(NC(=O)COc2cc(C)ccc2[N+](=O)[O-])cc1)C(C)C. The summed E-state index contributed by atoms with van der Waals surface area (Å²) in [4.78, 5) is 24.9. The van der Waals surface area contributed by atoms with Gasteiger partial charge in [0.15, 0.2) is 12.4 Å². The molecule has 0 heterocycles. The maximum atomic E-state index is 12.1. The van der Waals surface area contributed by atoms with Crippen molar-refractivity contribution in [2.24, 2.45) is 0 Å². The van der Waals surface area contributed by atoms with Gasteiger partial charge in [-0.05, 0) is 63.6 Å². The first-order valence-electron chi connectivity index (χ1n) is 8.86. The van der Waals surface area contributed by atoms with Crippen molar-refractivity contribution in [3.05, 3.63) is 58.1 Å². The smallest absolute Gasteiger partial charge is 0.310 e. The molecule has 0 unspecified atom stereocenters. The number of ether oxygens (including phenoxy) is 1. The number of nitro benzene ring substituents is 1. The maximum absolute atomic E-state index is 12.1. The molecule has 0 aromatic heterocycles. The first kappa shape index (κ1) is 20.2. The van der Waals surface area contributed by atoms with Crippen LogP contribution in [0.25, 0.3) is 0 Å². The molecule has 1 amide bonds. The average molecular weight is 371 g/mol. The summed E-state index contributed by atoms with van der Waals surface area (Å²) in [7, 11) is 0. The lowest BCUT2D eigenvalue weighted by Gasteiger charge is -2.27. The van der Waals surface area contributed by atoms with Crippen LogP contribution < -0.4 is 15.0 Å². The Bertz CT molecular complexity index is 803. The van der Waals surface area contributed by atoms with Gasteiger partial charge in [0, 0.05) is 30.0 Å². The lowest BCUT2D eigenvalue weighted by molar-refractivity contribution is -0.385. The number of amides is 1. The summed E-state index contributed by atoms with van der Waals surface area (Å²) in [6, 6.07) is 12.5. The fourth-order valence-corrected chi connectivity index (χ4v) is 2.81. The molecule has 0 atom stereocenters. The molecule has 0 aliphatic rings. The van der Waals surface area contributed by atoms with E-state index < -0.39 is 4.92 Å². The molecule has 27 heavy (non-hydrogen) atoms. The van der Waals surface area contributed by atoms with Crippen molar-refractivity contribution in [2.75, 3.05) is 23.4 Å². The Kier molecular flexibility index (Phi) is 6.76. The third kappa shape index (κ3) is 5.44. The summed E-state index contributed by atoms with van der Waals surface area (Å²) < 4.78 is 5.36. The molecule has 7 nitrogen and oxygen atoms in total. The molecule has 0 saturated heterocycles. The molecule has 144 valence electrons. The van der Waals surface area contributed by atoms with E-state index in [9.17, 15) is 14.9 Å². The Morgan fingerprint density at radius 3 is 2.44 bits per heavy atom. The van der Waals surface area contributed by atoms with Crippen LogP contribution in [0, 0.1) is 17.0 Å². The Balaban J connectivity index is 1.99. The average Bonchev–Trinajstić information content (AvgIpc) is 2.61. The Hall–Kier alpha value is -3.09. The van der Waals surface area contributed by atoms with Crippen molar-refractivity contribution in [1.82, 2.24) is 0 Å². The van der Waals surface area contributed by atoms with Crippen molar-refractivity contribution in [3.63, 3.8) is 0 Å². The number of rotatable bonds is 8. The standard InChI is InChI=1S/C20H25N3O4/c1-5-22(14(2)3)17-9-7-16(8-10-17)21-20(24)13-27-19-12-15(4)6-11-18(19)23(25)26/h6-12,14H,5,13H2,1-4H3,(H,21,24). The van der Waals surface area contributed by atoms with Crippen LogP contribution in [0.15, 0.2) is 42.5 Å². The van der Waals surface area contributed by atoms with Crippen molar-refractivity contribution < 1.29 is 14.5 Å². The van der Waals surface area contributed by atoms with Crippen molar-refractivity contribution >= 4 is 23.0 Å². The number of nitrogens with one attached hydrogen (secondary N) is 1. The quantitative estimate of drug-likeness (QED) is 0.556. The number of carbonyl (C=O) groups excluding carboxylic acids is 1. The second-order valence-electron chi connectivity index (χ2n) is 6.49. The molecule has 0 aliphatic carbocycles. The molecule has 0 fully saturated rings. The fraction of sp³-hybridized carbons (Fsp3) is 0.350. The van der Waals surface area contributed by atoms with Crippen molar-refractivity contribution in [2.45, 2.75) is 33.7 Å². The van der Waals surface area contributed by atoms with Crippen LogP contribution in [0.3, 0.4) is 0 Å². The van der Waals surface area contributed by atoms with E-state index >= 15 is 0 Å². The van der Waals surface area contributed by atoms with Crippen LogP contribution in [-0.2, 0) is 4.79 Å². The summed E-state index contributed by atoms with van der Waals surface area (Å²) in [5, 5.41) is 13.8. The van der Waals surface area contributed by atoms with Gasteiger partial charge in [0.25, 0.3) is 5.91 Å². The predicted molar refractivity (Wildman–Crippen MR) is 107 cm³/mol. The van der Waals surface area contributed by atoms with Gasteiger partial charge in [-0.2, -0.15) is 0 Å². The Morgan fingerprint density at radius 2 is 1.89 bits per heavy atom. The molecule has 0 spiro atoms. The lowest BCUT2D eigenvalue weighted by Crippen LogP contribution is -2.30. The zero-order chi connectivity index (χ0) is 20.0. The molecule has 2 rings (SSSR count). The molecular formula is C20H25N3O4. The topological polar surface area (TPSA) is 84.7 Å². The van der Waals surface area contributed by atoms with Crippen molar-refractivity contribution in [3.8, 4) is 5.75 Å². The van der Waals surface area contributed by atoms with Gasteiger partial charge < -0.3 is 15.0 Å². The number of nitro groups is 1. The van der Waals surface area contributed by atoms with Crippen LogP contribution in [0.5, 0.6) is 5.75 Å². The molecule has 7 heteroatoms. The van der Waals surface area contributed by atoms with Gasteiger partial charge in [-0.3, -0.25) is 14.9 Å². The van der Waals surface area contributed by atoms with Gasteiger partial charge in [-0.15, -0.1) is 0 Å². The molecule has 2 aromatic carbocycles.